The summed E-state index contributed by atoms with van der Waals surface area (Å²) in [4.78, 5) is 23.6. The summed E-state index contributed by atoms with van der Waals surface area (Å²) in [5.41, 5.74) is 1.37. The lowest BCUT2D eigenvalue weighted by Crippen LogP contribution is -2.22. The first-order chi connectivity index (χ1) is 11.8. The second-order valence-electron chi connectivity index (χ2n) is 5.57. The van der Waals surface area contributed by atoms with Crippen LogP contribution in [0.5, 0.6) is 0 Å². The van der Waals surface area contributed by atoms with Gasteiger partial charge in [0.2, 0.25) is 0 Å². The molecule has 0 aliphatic carbocycles. The number of aliphatic carboxylic acids is 1. The van der Waals surface area contributed by atoms with E-state index in [9.17, 15) is 14.0 Å². The van der Waals surface area contributed by atoms with Gasteiger partial charge in [-0.1, -0.05) is 6.07 Å². The highest BCUT2D eigenvalue weighted by Gasteiger charge is 2.13. The summed E-state index contributed by atoms with van der Waals surface area (Å²) in [6.45, 7) is 0.292. The summed E-state index contributed by atoms with van der Waals surface area (Å²) in [7, 11) is 0. The third-order valence-corrected chi connectivity index (χ3v) is 5.71. The highest BCUT2D eigenvalue weighted by molar-refractivity contribution is 9.13. The summed E-state index contributed by atoms with van der Waals surface area (Å²) in [6.07, 6.45) is -0.333. The van der Waals surface area contributed by atoms with E-state index in [4.69, 9.17) is 5.11 Å². The zero-order chi connectivity index (χ0) is 18.1. The summed E-state index contributed by atoms with van der Waals surface area (Å²) in [5.74, 6) is -1.55. The number of pyridine rings is 1. The predicted molar refractivity (Wildman–Crippen MR) is 100 cm³/mol. The molecular formula is C18H12Br2FNO3. The maximum Gasteiger partial charge on any atom is 0.307 e. The van der Waals surface area contributed by atoms with Crippen LogP contribution in [0.1, 0.15) is 11.1 Å². The van der Waals surface area contributed by atoms with E-state index in [0.29, 0.717) is 23.0 Å². The third-order valence-electron chi connectivity index (χ3n) is 3.83. The van der Waals surface area contributed by atoms with Gasteiger partial charge in [0.15, 0.2) is 0 Å². The summed E-state index contributed by atoms with van der Waals surface area (Å²) >= 11 is 6.82. The number of benzene rings is 2. The molecule has 0 saturated heterocycles. The van der Waals surface area contributed by atoms with E-state index in [0.717, 1.165) is 14.5 Å². The zero-order valence-electron chi connectivity index (χ0n) is 12.8. The third kappa shape index (κ3) is 3.82. The number of fused-ring (bicyclic) bond motifs is 1. The Morgan fingerprint density at radius 2 is 1.84 bits per heavy atom. The normalized spacial score (nSPS) is 11.0. The van der Waals surface area contributed by atoms with Gasteiger partial charge in [-0.05, 0) is 73.3 Å². The minimum Gasteiger partial charge on any atom is -0.481 e. The van der Waals surface area contributed by atoms with Crippen LogP contribution in [-0.2, 0) is 17.8 Å². The Hall–Kier alpha value is -1.99. The average Bonchev–Trinajstić information content (AvgIpc) is 2.54. The number of nitrogens with zero attached hydrogens (tertiary/aromatic N) is 1. The van der Waals surface area contributed by atoms with E-state index >= 15 is 0 Å². The molecular weight excluding hydrogens is 457 g/mol. The first-order valence-corrected chi connectivity index (χ1v) is 8.91. The van der Waals surface area contributed by atoms with Crippen molar-refractivity contribution < 1.29 is 14.3 Å². The number of carboxylic acids is 1. The largest absolute Gasteiger partial charge is 0.481 e. The van der Waals surface area contributed by atoms with Gasteiger partial charge >= 0.3 is 5.97 Å². The first kappa shape index (κ1) is 17.8. The molecule has 0 fully saturated rings. The quantitative estimate of drug-likeness (QED) is 0.619. The Balaban J connectivity index is 2.18. The molecule has 4 nitrogen and oxygen atoms in total. The number of halogens is 3. The first-order valence-electron chi connectivity index (χ1n) is 7.33. The Labute approximate surface area is 159 Å². The van der Waals surface area contributed by atoms with E-state index in [-0.39, 0.29) is 12.0 Å². The van der Waals surface area contributed by atoms with Gasteiger partial charge in [0.1, 0.15) is 5.82 Å². The molecule has 1 aromatic heterocycles. The topological polar surface area (TPSA) is 59.3 Å². The molecule has 0 bridgehead atoms. The van der Waals surface area contributed by atoms with E-state index in [1.807, 2.05) is 18.2 Å². The highest BCUT2D eigenvalue weighted by atomic mass is 79.9. The van der Waals surface area contributed by atoms with Crippen molar-refractivity contribution in [2.45, 2.75) is 13.0 Å². The van der Waals surface area contributed by atoms with Crippen LogP contribution < -0.4 is 5.56 Å². The molecule has 2 aromatic carbocycles. The number of carbonyl (C=O) groups is 1. The van der Waals surface area contributed by atoms with Gasteiger partial charge in [-0.3, -0.25) is 9.59 Å². The van der Waals surface area contributed by atoms with E-state index in [1.165, 1.54) is 28.8 Å². The summed E-state index contributed by atoms with van der Waals surface area (Å²) in [5, 5.41) is 9.46. The van der Waals surface area contributed by atoms with Crippen LogP contribution in [0.25, 0.3) is 10.9 Å². The molecule has 0 aliphatic heterocycles. The van der Waals surface area contributed by atoms with Crippen LogP contribution in [0.3, 0.4) is 0 Å². The van der Waals surface area contributed by atoms with E-state index < -0.39 is 11.8 Å². The van der Waals surface area contributed by atoms with Gasteiger partial charge in [0.05, 0.1) is 18.5 Å². The summed E-state index contributed by atoms with van der Waals surface area (Å²) < 4.78 is 16.9. The lowest BCUT2D eigenvalue weighted by Gasteiger charge is -2.13. The number of hydrogen-bond donors (Lipinski definition) is 1. The molecule has 0 amide bonds. The minimum absolute atomic E-state index is 0.292. The molecule has 3 rings (SSSR count). The standard InChI is InChI=1S/C18H12Br2FNO3/c19-14-3-1-10(5-15(14)20)9-22-16-4-2-12(21)8-13(16)11(6-17(22)23)7-18(24)25/h1-6,8H,7,9H2,(H,24,25). The fourth-order valence-corrected chi connectivity index (χ4v) is 3.39. The van der Waals surface area contributed by atoms with Crippen molar-refractivity contribution in [3.05, 3.63) is 78.7 Å². The molecule has 128 valence electrons. The monoisotopic (exact) mass is 467 g/mol. The Kier molecular flexibility index (Phi) is 5.06. The minimum atomic E-state index is -1.07. The van der Waals surface area contributed by atoms with Crippen LogP contribution in [0, 0.1) is 5.82 Å². The van der Waals surface area contributed by atoms with Crippen molar-refractivity contribution in [1.29, 1.82) is 0 Å². The molecule has 25 heavy (non-hydrogen) atoms. The Morgan fingerprint density at radius 1 is 1.08 bits per heavy atom. The maximum absolute atomic E-state index is 13.7. The predicted octanol–water partition coefficient (Wildman–Crippen LogP) is 4.34. The van der Waals surface area contributed by atoms with Crippen LogP contribution in [0.4, 0.5) is 4.39 Å². The van der Waals surface area contributed by atoms with Crippen molar-refractivity contribution in [3.8, 4) is 0 Å². The second kappa shape index (κ2) is 7.09. The number of rotatable bonds is 4. The van der Waals surface area contributed by atoms with Crippen molar-refractivity contribution >= 4 is 48.7 Å². The van der Waals surface area contributed by atoms with Crippen LogP contribution in [0.15, 0.2) is 56.2 Å². The van der Waals surface area contributed by atoms with Crippen LogP contribution >= 0.6 is 31.9 Å². The van der Waals surface area contributed by atoms with Gasteiger partial charge in [0, 0.05) is 20.4 Å². The fraction of sp³-hybridized carbons (Fsp3) is 0.111. The Morgan fingerprint density at radius 3 is 2.52 bits per heavy atom. The number of hydrogen-bond acceptors (Lipinski definition) is 2. The summed E-state index contributed by atoms with van der Waals surface area (Å²) in [6, 6.07) is 10.9. The van der Waals surface area contributed by atoms with Crippen LogP contribution in [-0.4, -0.2) is 15.6 Å². The second-order valence-corrected chi connectivity index (χ2v) is 7.28. The van der Waals surface area contributed by atoms with E-state index in [2.05, 4.69) is 31.9 Å². The van der Waals surface area contributed by atoms with Crippen molar-refractivity contribution in [1.82, 2.24) is 4.57 Å². The van der Waals surface area contributed by atoms with Crippen molar-refractivity contribution in [3.63, 3.8) is 0 Å². The van der Waals surface area contributed by atoms with E-state index in [1.54, 1.807) is 0 Å². The molecule has 0 spiro atoms. The van der Waals surface area contributed by atoms with Crippen molar-refractivity contribution in [2.75, 3.05) is 0 Å². The highest BCUT2D eigenvalue weighted by Crippen LogP contribution is 2.25. The lowest BCUT2D eigenvalue weighted by atomic mass is 10.1. The van der Waals surface area contributed by atoms with Gasteiger partial charge in [-0.15, -0.1) is 0 Å². The lowest BCUT2D eigenvalue weighted by molar-refractivity contribution is -0.136. The molecule has 1 heterocycles. The molecule has 0 saturated carbocycles. The Bertz CT molecular complexity index is 1050. The van der Waals surface area contributed by atoms with Crippen LogP contribution in [0.2, 0.25) is 0 Å². The van der Waals surface area contributed by atoms with Crippen molar-refractivity contribution in [2.24, 2.45) is 0 Å². The number of aromatic nitrogens is 1. The van der Waals surface area contributed by atoms with Gasteiger partial charge in [-0.2, -0.15) is 0 Å². The fourth-order valence-electron chi connectivity index (χ4n) is 2.72. The average molecular weight is 469 g/mol. The molecule has 0 unspecified atom stereocenters. The van der Waals surface area contributed by atoms with Gasteiger partial charge in [0.25, 0.3) is 5.56 Å². The molecule has 0 radical (unpaired) electrons. The van der Waals surface area contributed by atoms with Gasteiger partial charge in [-0.25, -0.2) is 4.39 Å². The smallest absolute Gasteiger partial charge is 0.307 e. The molecule has 1 N–H and O–H groups in total. The van der Waals surface area contributed by atoms with Gasteiger partial charge < -0.3 is 9.67 Å². The maximum atomic E-state index is 13.7. The SMILES string of the molecule is O=C(O)Cc1cc(=O)n(Cc2ccc(Br)c(Br)c2)c2ccc(F)cc12. The number of carboxylic acid groups (broad SMARTS) is 1. The molecule has 3 aromatic rings. The molecule has 0 atom stereocenters. The molecule has 7 heteroatoms. The molecule has 0 aliphatic rings. The zero-order valence-corrected chi connectivity index (χ0v) is 16.0.